The van der Waals surface area contributed by atoms with Crippen LogP contribution in [0.2, 0.25) is 5.02 Å². The van der Waals surface area contributed by atoms with Gasteiger partial charge in [0.05, 0.1) is 30.6 Å². The Morgan fingerprint density at radius 3 is 2.52 bits per heavy atom. The Labute approximate surface area is 156 Å². The highest BCUT2D eigenvalue weighted by molar-refractivity contribution is 6.30. The first-order valence-corrected chi connectivity index (χ1v) is 9.50. The number of hydrogen-bond acceptors (Lipinski definition) is 5. The molecule has 1 aliphatic carbocycles. The summed E-state index contributed by atoms with van der Waals surface area (Å²) in [5, 5.41) is 9.57. The molecule has 138 valence electrons. The monoisotopic (exact) mass is 364 g/mol. The number of anilines is 1. The molecule has 1 N–H and O–H groups in total. The predicted octanol–water partition coefficient (Wildman–Crippen LogP) is 2.69. The Hall–Kier alpha value is -1.35. The Kier molecular flexibility index (Phi) is 8.47. The summed E-state index contributed by atoms with van der Waals surface area (Å²) in [6.45, 7) is 5.67. The SMILES string of the molecule is CCN(CC#CC1CCC(CN(C)c2ncc(Cl)cn2)CC1)CCO. The summed E-state index contributed by atoms with van der Waals surface area (Å²) in [6, 6.07) is 0. The van der Waals surface area contributed by atoms with Crippen molar-refractivity contribution in [1.29, 1.82) is 0 Å². The first-order chi connectivity index (χ1) is 12.1. The maximum absolute atomic E-state index is 9.00. The quantitative estimate of drug-likeness (QED) is 0.754. The van der Waals surface area contributed by atoms with Crippen LogP contribution in [0.25, 0.3) is 0 Å². The van der Waals surface area contributed by atoms with Gasteiger partial charge in [-0.2, -0.15) is 0 Å². The van der Waals surface area contributed by atoms with Crippen LogP contribution in [0.4, 0.5) is 5.95 Å². The van der Waals surface area contributed by atoms with Crippen molar-refractivity contribution in [3.63, 3.8) is 0 Å². The van der Waals surface area contributed by atoms with Crippen LogP contribution in [-0.4, -0.2) is 59.8 Å². The van der Waals surface area contributed by atoms with Gasteiger partial charge >= 0.3 is 0 Å². The van der Waals surface area contributed by atoms with Crippen LogP contribution in [0.5, 0.6) is 0 Å². The molecule has 0 aliphatic heterocycles. The number of rotatable bonds is 7. The number of aliphatic hydroxyl groups is 1. The molecule has 0 unspecified atom stereocenters. The molecular formula is C19H29ClN4O. The number of halogens is 1. The van der Waals surface area contributed by atoms with Gasteiger partial charge in [0, 0.05) is 26.1 Å². The molecule has 2 rings (SSSR count). The van der Waals surface area contributed by atoms with Crippen molar-refractivity contribution < 1.29 is 5.11 Å². The Bertz CT molecular complexity index is 561. The van der Waals surface area contributed by atoms with Crippen LogP contribution < -0.4 is 4.90 Å². The molecule has 0 spiro atoms. The van der Waals surface area contributed by atoms with Gasteiger partial charge in [-0.3, -0.25) is 4.90 Å². The second-order valence-corrected chi connectivity index (χ2v) is 7.15. The van der Waals surface area contributed by atoms with Crippen LogP contribution in [0, 0.1) is 23.7 Å². The molecule has 0 radical (unpaired) electrons. The average molecular weight is 365 g/mol. The lowest BCUT2D eigenvalue weighted by Crippen LogP contribution is -2.29. The molecule has 1 fully saturated rings. The van der Waals surface area contributed by atoms with Crippen molar-refractivity contribution in [1.82, 2.24) is 14.9 Å². The zero-order valence-electron chi connectivity index (χ0n) is 15.3. The molecule has 1 aromatic heterocycles. The molecular weight excluding hydrogens is 336 g/mol. The van der Waals surface area contributed by atoms with E-state index in [1.165, 1.54) is 25.7 Å². The molecule has 1 aromatic rings. The van der Waals surface area contributed by atoms with Gasteiger partial charge < -0.3 is 10.0 Å². The van der Waals surface area contributed by atoms with Gasteiger partial charge in [0.15, 0.2) is 0 Å². The Morgan fingerprint density at radius 1 is 1.24 bits per heavy atom. The fourth-order valence-corrected chi connectivity index (χ4v) is 3.35. The van der Waals surface area contributed by atoms with Crippen molar-refractivity contribution >= 4 is 17.5 Å². The van der Waals surface area contributed by atoms with E-state index < -0.39 is 0 Å². The summed E-state index contributed by atoms with van der Waals surface area (Å²) < 4.78 is 0. The van der Waals surface area contributed by atoms with Crippen LogP contribution in [0.1, 0.15) is 32.6 Å². The van der Waals surface area contributed by atoms with Gasteiger partial charge in [0.25, 0.3) is 0 Å². The number of nitrogens with zero attached hydrogens (tertiary/aromatic N) is 4. The van der Waals surface area contributed by atoms with Crippen LogP contribution in [-0.2, 0) is 0 Å². The van der Waals surface area contributed by atoms with E-state index in [-0.39, 0.29) is 6.61 Å². The van der Waals surface area contributed by atoms with Crippen LogP contribution >= 0.6 is 11.6 Å². The Balaban J connectivity index is 1.73. The van der Waals surface area contributed by atoms with Crippen molar-refractivity contribution in [3.8, 4) is 11.8 Å². The largest absolute Gasteiger partial charge is 0.395 e. The first-order valence-electron chi connectivity index (χ1n) is 9.12. The molecule has 25 heavy (non-hydrogen) atoms. The topological polar surface area (TPSA) is 52.5 Å². The third-order valence-corrected chi connectivity index (χ3v) is 4.99. The molecule has 6 heteroatoms. The molecule has 0 aromatic carbocycles. The smallest absolute Gasteiger partial charge is 0.225 e. The van der Waals surface area contributed by atoms with E-state index in [2.05, 4.69) is 38.5 Å². The standard InChI is InChI=1S/C19H29ClN4O/c1-3-24(11-12-25)10-4-5-16-6-8-17(9-7-16)15-23(2)19-21-13-18(20)14-22-19/h13-14,16-17,25H,3,6-12,15H2,1-2H3. The summed E-state index contributed by atoms with van der Waals surface area (Å²) >= 11 is 5.84. The van der Waals surface area contributed by atoms with Gasteiger partial charge in [-0.05, 0) is 38.1 Å². The van der Waals surface area contributed by atoms with E-state index in [9.17, 15) is 0 Å². The second-order valence-electron chi connectivity index (χ2n) is 6.71. The van der Waals surface area contributed by atoms with Crippen molar-refractivity contribution in [2.24, 2.45) is 11.8 Å². The lowest BCUT2D eigenvalue weighted by atomic mass is 9.82. The molecule has 0 atom stereocenters. The predicted molar refractivity (Wildman–Crippen MR) is 103 cm³/mol. The third-order valence-electron chi connectivity index (χ3n) is 4.80. The fraction of sp³-hybridized carbons (Fsp3) is 0.684. The van der Waals surface area contributed by atoms with Crippen LogP contribution in [0.15, 0.2) is 12.4 Å². The van der Waals surface area contributed by atoms with Gasteiger partial charge in [-0.1, -0.05) is 30.4 Å². The number of aromatic nitrogens is 2. The lowest BCUT2D eigenvalue weighted by molar-refractivity contribution is 0.216. The van der Waals surface area contributed by atoms with E-state index in [0.29, 0.717) is 23.4 Å². The zero-order chi connectivity index (χ0) is 18.1. The summed E-state index contributed by atoms with van der Waals surface area (Å²) in [5.41, 5.74) is 0. The molecule has 0 amide bonds. The number of hydrogen-bond donors (Lipinski definition) is 1. The highest BCUT2D eigenvalue weighted by atomic mass is 35.5. The van der Waals surface area contributed by atoms with Crippen molar-refractivity contribution in [2.75, 3.05) is 44.7 Å². The summed E-state index contributed by atoms with van der Waals surface area (Å²) in [5.74, 6) is 8.65. The van der Waals surface area contributed by atoms with Gasteiger partial charge in [-0.15, -0.1) is 0 Å². The van der Waals surface area contributed by atoms with Gasteiger partial charge in [0.1, 0.15) is 0 Å². The number of likely N-dealkylation sites (N-methyl/N-ethyl adjacent to an activating group) is 1. The molecule has 1 saturated carbocycles. The summed E-state index contributed by atoms with van der Waals surface area (Å²) in [6.07, 6.45) is 8.02. The minimum Gasteiger partial charge on any atom is -0.395 e. The van der Waals surface area contributed by atoms with Gasteiger partial charge in [0.2, 0.25) is 5.95 Å². The average Bonchev–Trinajstić information content (AvgIpc) is 2.63. The number of aliphatic hydroxyl groups excluding tert-OH is 1. The molecule has 0 saturated heterocycles. The maximum Gasteiger partial charge on any atom is 0.225 e. The molecule has 0 bridgehead atoms. The fourth-order valence-electron chi connectivity index (χ4n) is 3.25. The normalized spacial score (nSPS) is 20.2. The van der Waals surface area contributed by atoms with Crippen LogP contribution in [0.3, 0.4) is 0 Å². The summed E-state index contributed by atoms with van der Waals surface area (Å²) in [7, 11) is 2.04. The first kappa shape index (κ1) is 20.0. The van der Waals surface area contributed by atoms with E-state index in [1.807, 2.05) is 7.05 Å². The highest BCUT2D eigenvalue weighted by Crippen LogP contribution is 2.29. The Morgan fingerprint density at radius 2 is 1.92 bits per heavy atom. The maximum atomic E-state index is 9.00. The third kappa shape index (κ3) is 6.81. The summed E-state index contributed by atoms with van der Waals surface area (Å²) in [4.78, 5) is 12.8. The molecule has 5 nitrogen and oxygen atoms in total. The van der Waals surface area contributed by atoms with E-state index in [1.54, 1.807) is 12.4 Å². The zero-order valence-corrected chi connectivity index (χ0v) is 16.0. The van der Waals surface area contributed by atoms with E-state index in [0.717, 1.165) is 25.6 Å². The minimum atomic E-state index is 0.200. The minimum absolute atomic E-state index is 0.200. The second kappa shape index (κ2) is 10.6. The van der Waals surface area contributed by atoms with Crippen molar-refractivity contribution in [2.45, 2.75) is 32.6 Å². The van der Waals surface area contributed by atoms with Crippen molar-refractivity contribution in [3.05, 3.63) is 17.4 Å². The van der Waals surface area contributed by atoms with Gasteiger partial charge in [-0.25, -0.2) is 9.97 Å². The van der Waals surface area contributed by atoms with E-state index >= 15 is 0 Å². The highest BCUT2D eigenvalue weighted by Gasteiger charge is 2.21. The lowest BCUT2D eigenvalue weighted by Gasteiger charge is -2.29. The molecule has 1 heterocycles. The molecule has 1 aliphatic rings. The van der Waals surface area contributed by atoms with E-state index in [4.69, 9.17) is 16.7 Å².